The molecular formula is C43H28N4. The maximum atomic E-state index is 10.1. The Balaban J connectivity index is 1.37. The Morgan fingerprint density at radius 3 is 2.32 bits per heavy atom. The van der Waals surface area contributed by atoms with Crippen LogP contribution in [0.2, 0.25) is 0 Å². The Morgan fingerprint density at radius 2 is 1.43 bits per heavy atom. The Bertz CT molecular complexity index is 2740. The number of allylic oxidation sites excluding steroid dienone is 6. The summed E-state index contributed by atoms with van der Waals surface area (Å²) in [5, 5.41) is 17.1. The highest BCUT2D eigenvalue weighted by Gasteiger charge is 2.21. The third-order valence-electron chi connectivity index (χ3n) is 9.30. The first-order valence-corrected chi connectivity index (χ1v) is 15.8. The van der Waals surface area contributed by atoms with Gasteiger partial charge in [-0.25, -0.2) is 4.98 Å². The molecule has 0 aliphatic heterocycles. The van der Waals surface area contributed by atoms with Gasteiger partial charge in [-0.05, 0) is 76.9 Å². The summed E-state index contributed by atoms with van der Waals surface area (Å²) in [6.07, 6.45) is 13.2. The van der Waals surface area contributed by atoms with Crippen molar-refractivity contribution in [2.24, 2.45) is 0 Å². The van der Waals surface area contributed by atoms with E-state index in [9.17, 15) is 5.26 Å². The summed E-state index contributed by atoms with van der Waals surface area (Å²) in [5.74, 6) is 0.717. The van der Waals surface area contributed by atoms with Crippen LogP contribution in [-0.2, 0) is 6.42 Å². The lowest BCUT2D eigenvalue weighted by atomic mass is 10.0. The zero-order valence-corrected chi connectivity index (χ0v) is 25.6. The quantitative estimate of drug-likeness (QED) is 0.198. The molecule has 0 N–H and O–H groups in total. The SMILES string of the molecule is C=C1C=Cc2c(c3cc(-n4c5ccccc5c5c6ccccc6ccc54)ccc3n2-c2cc(C#N)c3ccccc3n2)C/C=C\C=C/1. The smallest absolute Gasteiger partial charge is 0.139 e. The van der Waals surface area contributed by atoms with Crippen LogP contribution in [0.5, 0.6) is 0 Å². The van der Waals surface area contributed by atoms with E-state index in [1.165, 1.54) is 38.1 Å². The number of nitriles is 1. The van der Waals surface area contributed by atoms with E-state index in [4.69, 9.17) is 4.98 Å². The predicted octanol–water partition coefficient (Wildman–Crippen LogP) is 10.5. The predicted molar refractivity (Wildman–Crippen MR) is 195 cm³/mol. The van der Waals surface area contributed by atoms with Crippen LogP contribution in [0, 0.1) is 11.3 Å². The van der Waals surface area contributed by atoms with Crippen LogP contribution < -0.4 is 0 Å². The van der Waals surface area contributed by atoms with Gasteiger partial charge in [0, 0.05) is 27.2 Å². The summed E-state index contributed by atoms with van der Waals surface area (Å²) in [7, 11) is 0. The lowest BCUT2D eigenvalue weighted by Crippen LogP contribution is -2.02. The summed E-state index contributed by atoms with van der Waals surface area (Å²) < 4.78 is 4.59. The maximum absolute atomic E-state index is 10.1. The average molecular weight is 601 g/mol. The zero-order chi connectivity index (χ0) is 31.5. The van der Waals surface area contributed by atoms with Gasteiger partial charge in [0.15, 0.2) is 0 Å². The zero-order valence-electron chi connectivity index (χ0n) is 25.6. The molecule has 5 aromatic carbocycles. The molecule has 4 heteroatoms. The first-order valence-electron chi connectivity index (χ1n) is 15.8. The lowest BCUT2D eigenvalue weighted by Gasteiger charge is -2.12. The third kappa shape index (κ3) is 4.18. The van der Waals surface area contributed by atoms with E-state index in [1.807, 2.05) is 42.5 Å². The van der Waals surface area contributed by atoms with Crippen molar-refractivity contribution in [2.75, 3.05) is 0 Å². The van der Waals surface area contributed by atoms with Gasteiger partial charge in [0.1, 0.15) is 5.82 Å². The summed E-state index contributed by atoms with van der Waals surface area (Å²) >= 11 is 0. The second-order valence-electron chi connectivity index (χ2n) is 12.0. The molecule has 0 atom stereocenters. The van der Waals surface area contributed by atoms with Gasteiger partial charge in [-0.3, -0.25) is 4.57 Å². The number of nitrogens with zero attached hydrogens (tertiary/aromatic N) is 4. The van der Waals surface area contributed by atoms with Gasteiger partial charge in [-0.15, -0.1) is 0 Å². The molecule has 8 aromatic rings. The van der Waals surface area contributed by atoms with Gasteiger partial charge in [-0.1, -0.05) is 104 Å². The lowest BCUT2D eigenvalue weighted by molar-refractivity contribution is 1.03. The standard InChI is InChI=1S/C43H28N4/c1-28-11-3-2-4-15-34-36-26-31(46-38-18-10-8-16-35(38)43-33-14-6-5-12-29(33)20-23-41(43)46)21-24-40(36)47(39(34)22-19-28)42-25-30(27-44)32-13-7-9-17-37(32)45-42/h2-14,16-26H,1,15H2/b4-2-,11-3-,22-19?. The number of rotatable bonds is 2. The van der Waals surface area contributed by atoms with Crippen molar-refractivity contribution in [3.63, 3.8) is 0 Å². The van der Waals surface area contributed by atoms with E-state index in [-0.39, 0.29) is 0 Å². The van der Waals surface area contributed by atoms with Gasteiger partial charge in [0.2, 0.25) is 0 Å². The highest BCUT2D eigenvalue weighted by molar-refractivity contribution is 6.21. The normalized spacial score (nSPS) is 14.6. The van der Waals surface area contributed by atoms with Crippen molar-refractivity contribution in [1.82, 2.24) is 14.1 Å². The Labute approximate surface area is 271 Å². The number of aromatic nitrogens is 3. The Hall–Kier alpha value is -6.44. The van der Waals surface area contributed by atoms with E-state index in [0.29, 0.717) is 5.56 Å². The summed E-state index contributed by atoms with van der Waals surface area (Å²) in [4.78, 5) is 5.10. The molecule has 0 spiro atoms. The molecule has 0 saturated carbocycles. The fourth-order valence-electron chi connectivity index (χ4n) is 7.21. The second-order valence-corrected chi connectivity index (χ2v) is 12.0. The van der Waals surface area contributed by atoms with Crippen LogP contribution in [0.25, 0.3) is 72.0 Å². The molecule has 1 aliphatic rings. The highest BCUT2D eigenvalue weighted by atomic mass is 15.1. The van der Waals surface area contributed by atoms with Crippen LogP contribution in [0.1, 0.15) is 16.8 Å². The first-order chi connectivity index (χ1) is 23.2. The fourth-order valence-corrected chi connectivity index (χ4v) is 7.21. The van der Waals surface area contributed by atoms with Crippen LogP contribution in [-0.4, -0.2) is 14.1 Å². The topological polar surface area (TPSA) is 46.5 Å². The fraction of sp³-hybridized carbons (Fsp3) is 0.0233. The van der Waals surface area contributed by atoms with Crippen molar-refractivity contribution < 1.29 is 0 Å². The Morgan fingerprint density at radius 1 is 0.660 bits per heavy atom. The molecule has 1 aliphatic carbocycles. The van der Waals surface area contributed by atoms with E-state index in [1.54, 1.807) is 0 Å². The van der Waals surface area contributed by atoms with Gasteiger partial charge in [-0.2, -0.15) is 5.26 Å². The Kier molecular flexibility index (Phi) is 6.06. The number of hydrogen-bond donors (Lipinski definition) is 0. The molecule has 0 bridgehead atoms. The van der Waals surface area contributed by atoms with E-state index in [2.05, 4.69) is 125 Å². The second kappa shape index (κ2) is 10.6. The molecule has 220 valence electrons. The molecule has 0 amide bonds. The van der Waals surface area contributed by atoms with Crippen LogP contribution >= 0.6 is 0 Å². The number of fused-ring (bicyclic) bond motifs is 9. The number of pyridine rings is 1. The highest BCUT2D eigenvalue weighted by Crippen LogP contribution is 2.39. The molecular weight excluding hydrogens is 573 g/mol. The monoisotopic (exact) mass is 600 g/mol. The molecule has 3 heterocycles. The molecule has 9 rings (SSSR count). The minimum absolute atomic E-state index is 0.603. The molecule has 0 saturated heterocycles. The average Bonchev–Trinajstić information content (AvgIpc) is 3.62. The summed E-state index contributed by atoms with van der Waals surface area (Å²) in [6, 6.07) is 40.7. The molecule has 4 nitrogen and oxygen atoms in total. The van der Waals surface area contributed by atoms with E-state index < -0.39 is 0 Å². The third-order valence-corrected chi connectivity index (χ3v) is 9.30. The number of hydrogen-bond acceptors (Lipinski definition) is 2. The summed E-state index contributed by atoms with van der Waals surface area (Å²) in [6.45, 7) is 4.23. The largest absolute Gasteiger partial charge is 0.309 e. The van der Waals surface area contributed by atoms with E-state index >= 15 is 0 Å². The van der Waals surface area contributed by atoms with Gasteiger partial charge in [0.25, 0.3) is 0 Å². The van der Waals surface area contributed by atoms with Crippen molar-refractivity contribution in [3.8, 4) is 17.6 Å². The molecule has 0 fully saturated rings. The van der Waals surface area contributed by atoms with Crippen LogP contribution in [0.3, 0.4) is 0 Å². The number of para-hydroxylation sites is 2. The van der Waals surface area contributed by atoms with Crippen molar-refractivity contribution in [1.29, 1.82) is 5.26 Å². The maximum Gasteiger partial charge on any atom is 0.139 e. The van der Waals surface area contributed by atoms with Crippen LogP contribution in [0.15, 0.2) is 152 Å². The first kappa shape index (κ1) is 26.9. The minimum atomic E-state index is 0.603. The van der Waals surface area contributed by atoms with Gasteiger partial charge in [0.05, 0.1) is 39.4 Å². The molecule has 0 unspecified atom stereocenters. The van der Waals surface area contributed by atoms with E-state index in [0.717, 1.165) is 51.0 Å². The van der Waals surface area contributed by atoms with Gasteiger partial charge < -0.3 is 4.57 Å². The van der Waals surface area contributed by atoms with Crippen LogP contribution in [0.4, 0.5) is 0 Å². The molecule has 3 aromatic heterocycles. The van der Waals surface area contributed by atoms with Gasteiger partial charge >= 0.3 is 0 Å². The van der Waals surface area contributed by atoms with Crippen molar-refractivity contribution >= 4 is 60.5 Å². The number of benzene rings is 5. The van der Waals surface area contributed by atoms with Crippen molar-refractivity contribution in [3.05, 3.63) is 169 Å². The molecule has 0 radical (unpaired) electrons. The minimum Gasteiger partial charge on any atom is -0.309 e. The molecule has 47 heavy (non-hydrogen) atoms. The van der Waals surface area contributed by atoms with Crippen molar-refractivity contribution in [2.45, 2.75) is 6.42 Å². The summed E-state index contributed by atoms with van der Waals surface area (Å²) in [5.41, 5.74) is 9.00.